The van der Waals surface area contributed by atoms with E-state index in [0.29, 0.717) is 17.9 Å². The molecule has 3 heteroatoms. The Labute approximate surface area is 112 Å². The fraction of sp³-hybridized carbons (Fsp3) is 0.933. The van der Waals surface area contributed by atoms with E-state index < -0.39 is 0 Å². The topological polar surface area (TPSA) is 45.0 Å². The molecule has 0 aromatic carbocycles. The summed E-state index contributed by atoms with van der Waals surface area (Å²) in [5.74, 6) is 1.06. The fourth-order valence-corrected chi connectivity index (χ4v) is 2.87. The zero-order chi connectivity index (χ0) is 13.6. The molecule has 1 N–H and O–H groups in total. The first-order chi connectivity index (χ1) is 8.47. The summed E-state index contributed by atoms with van der Waals surface area (Å²) >= 11 is 0. The van der Waals surface area contributed by atoms with Crippen molar-refractivity contribution in [1.82, 2.24) is 5.32 Å². The third-order valence-corrected chi connectivity index (χ3v) is 3.42. The largest absolute Gasteiger partial charge is 0.377 e. The maximum Gasteiger partial charge on any atom is 0.107 e. The lowest BCUT2D eigenvalue weighted by molar-refractivity contribution is 0.100. The Balaban J connectivity index is 2.59. The molecule has 0 spiro atoms. The number of ether oxygens (including phenoxy) is 1. The number of nitriles is 1. The summed E-state index contributed by atoms with van der Waals surface area (Å²) in [6.45, 7) is 10.4. The van der Waals surface area contributed by atoms with Gasteiger partial charge in [0.25, 0.3) is 0 Å². The Kier molecular flexibility index (Phi) is 6.11. The highest BCUT2D eigenvalue weighted by Gasteiger charge is 2.32. The molecule has 1 unspecified atom stereocenters. The summed E-state index contributed by atoms with van der Waals surface area (Å²) in [5, 5.41) is 13.1. The second kappa shape index (κ2) is 7.11. The third-order valence-electron chi connectivity index (χ3n) is 3.42. The van der Waals surface area contributed by atoms with Gasteiger partial charge in [-0.2, -0.15) is 5.26 Å². The summed E-state index contributed by atoms with van der Waals surface area (Å²) in [7, 11) is 0. The number of nitrogens with one attached hydrogen (secondary N) is 1. The third kappa shape index (κ3) is 4.96. The van der Waals surface area contributed by atoms with E-state index in [1.165, 1.54) is 0 Å². The molecule has 0 saturated carbocycles. The minimum atomic E-state index is -0.381. The molecule has 1 atom stereocenters. The van der Waals surface area contributed by atoms with Gasteiger partial charge in [-0.3, -0.25) is 5.32 Å². The molecule has 1 aliphatic rings. The van der Waals surface area contributed by atoms with Crippen LogP contribution in [0.15, 0.2) is 0 Å². The van der Waals surface area contributed by atoms with Gasteiger partial charge in [-0.1, -0.05) is 27.7 Å². The average Bonchev–Trinajstić information content (AvgIpc) is 2.77. The first kappa shape index (κ1) is 15.5. The van der Waals surface area contributed by atoms with Crippen molar-refractivity contribution in [1.29, 1.82) is 5.26 Å². The second-order valence-corrected chi connectivity index (χ2v) is 6.41. The monoisotopic (exact) mass is 252 g/mol. The van der Waals surface area contributed by atoms with E-state index >= 15 is 0 Å². The van der Waals surface area contributed by atoms with Crippen molar-refractivity contribution in [3.63, 3.8) is 0 Å². The van der Waals surface area contributed by atoms with Crippen LogP contribution in [0.25, 0.3) is 0 Å². The van der Waals surface area contributed by atoms with Crippen LogP contribution in [0.5, 0.6) is 0 Å². The quantitative estimate of drug-likeness (QED) is 0.757. The van der Waals surface area contributed by atoms with E-state index in [2.05, 4.69) is 39.1 Å². The fourth-order valence-electron chi connectivity index (χ4n) is 2.87. The Bertz CT molecular complexity index is 265. The molecule has 104 valence electrons. The van der Waals surface area contributed by atoms with Gasteiger partial charge in [0.15, 0.2) is 0 Å². The molecule has 0 amide bonds. The second-order valence-electron chi connectivity index (χ2n) is 6.41. The van der Waals surface area contributed by atoms with Crippen molar-refractivity contribution in [3.8, 4) is 6.07 Å². The molecule has 3 nitrogen and oxygen atoms in total. The molecule has 18 heavy (non-hydrogen) atoms. The maximum atomic E-state index is 9.59. The average molecular weight is 252 g/mol. The van der Waals surface area contributed by atoms with E-state index in [4.69, 9.17) is 4.74 Å². The highest BCUT2D eigenvalue weighted by Crippen LogP contribution is 2.25. The van der Waals surface area contributed by atoms with Crippen molar-refractivity contribution in [2.45, 2.75) is 65.0 Å². The van der Waals surface area contributed by atoms with Gasteiger partial charge in [-0.15, -0.1) is 0 Å². The van der Waals surface area contributed by atoms with Crippen LogP contribution in [0.4, 0.5) is 0 Å². The lowest BCUT2D eigenvalue weighted by Gasteiger charge is -2.32. The minimum absolute atomic E-state index is 0.303. The van der Waals surface area contributed by atoms with Crippen LogP contribution in [-0.4, -0.2) is 24.8 Å². The maximum absolute atomic E-state index is 9.59. The molecule has 0 aliphatic carbocycles. The molecular formula is C15H28N2O. The molecular weight excluding hydrogens is 224 g/mol. The van der Waals surface area contributed by atoms with Crippen LogP contribution in [0.3, 0.4) is 0 Å². The predicted octanol–water partition coefficient (Wildman–Crippen LogP) is 3.11. The van der Waals surface area contributed by atoms with Gasteiger partial charge in [0.05, 0.1) is 12.2 Å². The van der Waals surface area contributed by atoms with Crippen molar-refractivity contribution in [3.05, 3.63) is 0 Å². The Hall–Kier alpha value is -0.590. The number of nitrogens with zero attached hydrogens (tertiary/aromatic N) is 1. The van der Waals surface area contributed by atoms with Crippen LogP contribution in [-0.2, 0) is 4.74 Å². The molecule has 0 aromatic rings. The number of rotatable bonds is 7. The van der Waals surface area contributed by atoms with Crippen LogP contribution >= 0.6 is 0 Å². The summed E-state index contributed by atoms with van der Waals surface area (Å²) < 4.78 is 5.63. The lowest BCUT2D eigenvalue weighted by Crippen LogP contribution is -2.48. The zero-order valence-electron chi connectivity index (χ0n) is 12.3. The highest BCUT2D eigenvalue weighted by molar-refractivity contribution is 5.08. The number of hydrogen-bond acceptors (Lipinski definition) is 3. The first-order valence-electron chi connectivity index (χ1n) is 7.25. The Morgan fingerprint density at radius 2 is 1.89 bits per heavy atom. The van der Waals surface area contributed by atoms with Crippen LogP contribution in [0.2, 0.25) is 0 Å². The van der Waals surface area contributed by atoms with E-state index in [-0.39, 0.29) is 5.54 Å². The van der Waals surface area contributed by atoms with Crippen LogP contribution in [0.1, 0.15) is 53.4 Å². The lowest BCUT2D eigenvalue weighted by atomic mass is 9.83. The van der Waals surface area contributed by atoms with Crippen LogP contribution < -0.4 is 5.32 Å². The summed E-state index contributed by atoms with van der Waals surface area (Å²) in [5.41, 5.74) is -0.381. The highest BCUT2D eigenvalue weighted by atomic mass is 16.5. The standard InChI is InChI=1S/C15H28N2O/c1-12(2)8-15(11-16,9-13(3)4)17-10-14-6-5-7-18-14/h12-14,17H,5-10H2,1-4H3. The van der Waals surface area contributed by atoms with Gasteiger partial charge < -0.3 is 4.74 Å². The molecule has 1 aliphatic heterocycles. The van der Waals surface area contributed by atoms with Gasteiger partial charge in [0.2, 0.25) is 0 Å². The Morgan fingerprint density at radius 3 is 2.28 bits per heavy atom. The van der Waals surface area contributed by atoms with E-state index in [9.17, 15) is 5.26 Å². The van der Waals surface area contributed by atoms with E-state index in [1.807, 2.05) is 0 Å². The van der Waals surface area contributed by atoms with Crippen LogP contribution in [0, 0.1) is 23.2 Å². The van der Waals surface area contributed by atoms with E-state index in [0.717, 1.165) is 38.8 Å². The SMILES string of the molecule is CC(C)CC(C#N)(CC(C)C)NCC1CCCO1. The first-order valence-corrected chi connectivity index (χ1v) is 7.25. The number of hydrogen-bond donors (Lipinski definition) is 1. The van der Waals surface area contributed by atoms with Gasteiger partial charge in [-0.25, -0.2) is 0 Å². The minimum Gasteiger partial charge on any atom is -0.377 e. The van der Waals surface area contributed by atoms with Crippen molar-refractivity contribution in [2.24, 2.45) is 11.8 Å². The molecule has 0 radical (unpaired) electrons. The van der Waals surface area contributed by atoms with Gasteiger partial charge in [-0.05, 0) is 37.5 Å². The van der Waals surface area contributed by atoms with E-state index in [1.54, 1.807) is 0 Å². The molecule has 1 fully saturated rings. The molecule has 1 heterocycles. The predicted molar refractivity (Wildman–Crippen MR) is 74.2 cm³/mol. The summed E-state index contributed by atoms with van der Waals surface area (Å²) in [6.07, 6.45) is 4.40. The van der Waals surface area contributed by atoms with Gasteiger partial charge >= 0.3 is 0 Å². The van der Waals surface area contributed by atoms with Gasteiger partial charge in [0.1, 0.15) is 5.54 Å². The molecule has 1 rings (SSSR count). The molecule has 1 saturated heterocycles. The summed E-state index contributed by atoms with van der Waals surface area (Å²) in [6, 6.07) is 2.54. The van der Waals surface area contributed by atoms with Crippen molar-refractivity contribution < 1.29 is 4.74 Å². The molecule has 0 bridgehead atoms. The van der Waals surface area contributed by atoms with Crippen molar-refractivity contribution in [2.75, 3.05) is 13.2 Å². The normalized spacial score (nSPS) is 20.6. The Morgan fingerprint density at radius 1 is 1.28 bits per heavy atom. The van der Waals surface area contributed by atoms with Gasteiger partial charge in [0, 0.05) is 13.2 Å². The van der Waals surface area contributed by atoms with Crippen molar-refractivity contribution >= 4 is 0 Å². The zero-order valence-corrected chi connectivity index (χ0v) is 12.3. The summed E-state index contributed by atoms with van der Waals surface area (Å²) in [4.78, 5) is 0. The smallest absolute Gasteiger partial charge is 0.107 e. The molecule has 0 aromatic heterocycles.